The molecule has 1 fully saturated rings. The van der Waals surface area contributed by atoms with Crippen molar-refractivity contribution in [2.45, 2.75) is 17.7 Å². The average Bonchev–Trinajstić information content (AvgIpc) is 3.20. The Hall–Kier alpha value is -3.40. The quantitative estimate of drug-likeness (QED) is 0.596. The molecule has 3 rings (SSSR count). The lowest BCUT2D eigenvalue weighted by atomic mass is 10.2. The number of benzene rings is 2. The fourth-order valence-electron chi connectivity index (χ4n) is 3.29. The highest BCUT2D eigenvalue weighted by atomic mass is 32.2. The van der Waals surface area contributed by atoms with E-state index in [1.54, 1.807) is 36.4 Å². The number of para-hydroxylation sites is 1. The summed E-state index contributed by atoms with van der Waals surface area (Å²) in [6.45, 7) is -0.490. The fraction of sp³-hybridized carbons (Fsp3) is 0.286. The second-order valence-corrected chi connectivity index (χ2v) is 9.76. The summed E-state index contributed by atoms with van der Waals surface area (Å²) in [4.78, 5) is 37.4. The molecule has 0 radical (unpaired) electrons. The number of aliphatic carboxylic acids is 1. The number of ether oxygens (including phenoxy) is 1. The maximum Gasteiger partial charge on any atom is 0.326 e. The number of rotatable bonds is 7. The lowest BCUT2D eigenvalue weighted by Crippen LogP contribution is -2.45. The molecule has 1 aliphatic rings. The molecule has 2 aromatic carbocycles. The van der Waals surface area contributed by atoms with E-state index in [-0.39, 0.29) is 13.0 Å². The summed E-state index contributed by atoms with van der Waals surface area (Å²) in [6, 6.07) is 14.4. The molecule has 31 heavy (non-hydrogen) atoms. The van der Waals surface area contributed by atoms with Crippen LogP contribution in [0.5, 0.6) is 11.5 Å². The highest BCUT2D eigenvalue weighted by molar-refractivity contribution is 7.92. The van der Waals surface area contributed by atoms with Gasteiger partial charge in [0.1, 0.15) is 17.5 Å². The topological polar surface area (TPSA) is 137 Å². The summed E-state index contributed by atoms with van der Waals surface area (Å²) in [5, 5.41) is 11.1. The second kappa shape index (κ2) is 9.17. The second-order valence-electron chi connectivity index (χ2n) is 7.28. The average molecular weight is 445 g/mol. The first-order valence-corrected chi connectivity index (χ1v) is 11.5. The van der Waals surface area contributed by atoms with Crippen molar-refractivity contribution >= 4 is 27.5 Å². The number of likely N-dealkylation sites (tertiary alicyclic amines) is 1. The molecule has 10 heteroatoms. The summed E-state index contributed by atoms with van der Waals surface area (Å²) >= 11 is 0. The number of hydrogen-bond donors (Lipinski definition) is 3. The van der Waals surface area contributed by atoms with Gasteiger partial charge in [0.2, 0.25) is 5.91 Å². The largest absolute Gasteiger partial charge is 0.480 e. The highest BCUT2D eigenvalue weighted by Crippen LogP contribution is 2.24. The predicted octanol–water partition coefficient (Wildman–Crippen LogP) is 1.94. The number of nitrogens with one attached hydrogen (secondary N) is 2. The number of carboxylic acid groups (broad SMARTS) is 1. The number of hydrogen-bond acceptors (Lipinski definition) is 6. The van der Waals surface area contributed by atoms with Gasteiger partial charge in [0.15, 0.2) is 0 Å². The fourth-order valence-corrected chi connectivity index (χ4v) is 4.29. The van der Waals surface area contributed by atoms with Crippen molar-refractivity contribution in [3.63, 3.8) is 0 Å². The molecule has 1 heterocycles. The van der Waals surface area contributed by atoms with Crippen LogP contribution in [-0.2, 0) is 19.3 Å². The summed E-state index contributed by atoms with van der Waals surface area (Å²) in [5.41, 5.74) is 0.310. The lowest BCUT2D eigenvalue weighted by Gasteiger charge is -2.21. The number of carbonyl (C=O) groups excluding carboxylic acids is 2. The van der Waals surface area contributed by atoms with Crippen molar-refractivity contribution in [3.05, 3.63) is 60.2 Å². The van der Waals surface area contributed by atoms with E-state index in [0.29, 0.717) is 17.1 Å². The van der Waals surface area contributed by atoms with Gasteiger partial charge in [0.25, 0.3) is 5.91 Å². The summed E-state index contributed by atoms with van der Waals surface area (Å²) in [6.07, 6.45) is 1.19. The Morgan fingerprint density at radius 1 is 1.13 bits per heavy atom. The van der Waals surface area contributed by atoms with Crippen LogP contribution in [0.4, 0.5) is 0 Å². The van der Waals surface area contributed by atoms with Gasteiger partial charge in [-0.2, -0.15) is 0 Å². The molecule has 1 saturated heterocycles. The third-order valence-corrected chi connectivity index (χ3v) is 6.61. The van der Waals surface area contributed by atoms with E-state index in [1.165, 1.54) is 6.26 Å². The zero-order chi connectivity index (χ0) is 22.6. The molecule has 0 saturated carbocycles. The smallest absolute Gasteiger partial charge is 0.326 e. The molecule has 3 N–H and O–H groups in total. The number of carbonyl (C=O) groups is 3. The Bertz CT molecular complexity index is 1070. The monoisotopic (exact) mass is 445 g/mol. The maximum atomic E-state index is 12.5. The molecule has 1 aliphatic heterocycles. The van der Waals surface area contributed by atoms with Crippen LogP contribution in [0.2, 0.25) is 0 Å². The Labute approximate surface area is 180 Å². The minimum absolute atomic E-state index is 0.0449. The minimum Gasteiger partial charge on any atom is -0.480 e. The van der Waals surface area contributed by atoms with E-state index >= 15 is 0 Å². The first-order chi connectivity index (χ1) is 14.6. The van der Waals surface area contributed by atoms with Gasteiger partial charge in [-0.05, 0) is 42.8 Å². The normalized spacial score (nSPS) is 20.0. The van der Waals surface area contributed by atoms with Gasteiger partial charge in [-0.15, -0.1) is 0 Å². The molecule has 9 nitrogen and oxygen atoms in total. The summed E-state index contributed by atoms with van der Waals surface area (Å²) < 4.78 is 25.3. The molecule has 0 unspecified atom stereocenters. The molecule has 2 aromatic rings. The minimum atomic E-state index is -2.99. The molecular weight excluding hydrogens is 422 g/mol. The molecular formula is C21H23N3O6S. The van der Waals surface area contributed by atoms with Crippen molar-refractivity contribution in [1.82, 2.24) is 10.2 Å². The Kier molecular flexibility index (Phi) is 6.59. The van der Waals surface area contributed by atoms with Crippen LogP contribution >= 0.6 is 0 Å². The van der Waals surface area contributed by atoms with Gasteiger partial charge in [-0.25, -0.2) is 9.00 Å². The SMILES string of the molecule is C[S@](=N)(=O)[C@@H]1C[C@@H](C(=O)O)N(C(=O)CNC(=O)c2ccc(Oc3ccccc3)cc2)C1. The third kappa shape index (κ3) is 5.60. The molecule has 3 atom stereocenters. The van der Waals surface area contributed by atoms with E-state index in [0.717, 1.165) is 4.90 Å². The molecule has 0 aliphatic carbocycles. The van der Waals surface area contributed by atoms with E-state index < -0.39 is 45.3 Å². The molecule has 0 aromatic heterocycles. The lowest BCUT2D eigenvalue weighted by molar-refractivity contribution is -0.147. The van der Waals surface area contributed by atoms with Gasteiger partial charge in [-0.3, -0.25) is 14.4 Å². The van der Waals surface area contributed by atoms with Gasteiger partial charge in [0, 0.05) is 28.1 Å². The predicted molar refractivity (Wildman–Crippen MR) is 114 cm³/mol. The van der Waals surface area contributed by atoms with Crippen molar-refractivity contribution in [3.8, 4) is 11.5 Å². The summed E-state index contributed by atoms with van der Waals surface area (Å²) in [7, 11) is -2.99. The third-order valence-electron chi connectivity index (χ3n) is 5.00. The number of amides is 2. The van der Waals surface area contributed by atoms with Crippen LogP contribution < -0.4 is 10.1 Å². The van der Waals surface area contributed by atoms with Gasteiger partial charge in [0.05, 0.1) is 11.8 Å². The van der Waals surface area contributed by atoms with Crippen LogP contribution in [0.1, 0.15) is 16.8 Å². The van der Waals surface area contributed by atoms with Gasteiger partial charge in [-0.1, -0.05) is 18.2 Å². The van der Waals surface area contributed by atoms with Crippen molar-refractivity contribution in [2.24, 2.45) is 0 Å². The van der Waals surface area contributed by atoms with Crippen LogP contribution in [0.25, 0.3) is 0 Å². The van der Waals surface area contributed by atoms with Crippen LogP contribution in [0.3, 0.4) is 0 Å². The standard InChI is InChI=1S/C21H23N3O6S/c1-31(22,29)17-11-18(21(27)28)24(13-17)19(25)12-23-20(26)14-7-9-16(10-8-14)30-15-5-3-2-4-6-15/h2-10,17-18,22H,11-13H2,1H3,(H,23,26)(H,27,28)/t17-,18+,31+/m1/s1. The van der Waals surface area contributed by atoms with Crippen molar-refractivity contribution in [2.75, 3.05) is 19.3 Å². The van der Waals surface area contributed by atoms with Crippen LogP contribution in [0.15, 0.2) is 54.6 Å². The highest BCUT2D eigenvalue weighted by Gasteiger charge is 2.42. The zero-order valence-electron chi connectivity index (χ0n) is 16.8. The Balaban J connectivity index is 1.58. The first kappa shape index (κ1) is 22.3. The van der Waals surface area contributed by atoms with Crippen LogP contribution in [0, 0.1) is 4.78 Å². The Morgan fingerprint density at radius 3 is 2.32 bits per heavy atom. The van der Waals surface area contributed by atoms with Gasteiger partial charge < -0.3 is 20.1 Å². The molecule has 0 spiro atoms. The maximum absolute atomic E-state index is 12.5. The van der Waals surface area contributed by atoms with E-state index in [1.807, 2.05) is 18.2 Å². The van der Waals surface area contributed by atoms with Crippen molar-refractivity contribution < 1.29 is 28.4 Å². The Morgan fingerprint density at radius 2 is 1.74 bits per heavy atom. The number of carboxylic acids is 1. The summed E-state index contributed by atoms with van der Waals surface area (Å²) in [5.74, 6) is -1.12. The molecule has 164 valence electrons. The van der Waals surface area contributed by atoms with Gasteiger partial charge >= 0.3 is 5.97 Å². The van der Waals surface area contributed by atoms with Crippen molar-refractivity contribution in [1.29, 1.82) is 4.78 Å². The molecule has 2 amide bonds. The zero-order valence-corrected chi connectivity index (χ0v) is 17.6. The first-order valence-electron chi connectivity index (χ1n) is 9.51. The van der Waals surface area contributed by atoms with Crippen LogP contribution in [-0.4, -0.2) is 62.6 Å². The van der Waals surface area contributed by atoms with E-state index in [2.05, 4.69) is 5.32 Å². The molecule has 0 bridgehead atoms. The van der Waals surface area contributed by atoms with E-state index in [4.69, 9.17) is 9.52 Å². The van der Waals surface area contributed by atoms with E-state index in [9.17, 15) is 23.7 Å². The number of nitrogens with zero attached hydrogens (tertiary/aromatic N) is 1.